The van der Waals surface area contributed by atoms with Crippen molar-refractivity contribution in [1.29, 1.82) is 0 Å². The Balaban J connectivity index is 1.87. The van der Waals surface area contributed by atoms with Crippen molar-refractivity contribution in [3.05, 3.63) is 0 Å². The van der Waals surface area contributed by atoms with Gasteiger partial charge < -0.3 is 15.2 Å². The molecular formula is C15H29NO2. The van der Waals surface area contributed by atoms with Crippen LogP contribution in [0.25, 0.3) is 0 Å². The van der Waals surface area contributed by atoms with Crippen molar-refractivity contribution in [3.63, 3.8) is 0 Å². The number of hydrogen-bond acceptors (Lipinski definition) is 3. The SMILES string of the molecule is CCC1(C)CC(NC2CCCCCC2O)CCO1. The Morgan fingerprint density at radius 2 is 2.00 bits per heavy atom. The maximum absolute atomic E-state index is 10.2. The van der Waals surface area contributed by atoms with Gasteiger partial charge in [-0.3, -0.25) is 0 Å². The average molecular weight is 255 g/mol. The van der Waals surface area contributed by atoms with Crippen LogP contribution in [0.2, 0.25) is 0 Å². The van der Waals surface area contributed by atoms with Crippen LogP contribution in [-0.4, -0.2) is 35.5 Å². The second-order valence-corrected chi connectivity index (χ2v) is 6.32. The maximum Gasteiger partial charge on any atom is 0.0693 e. The van der Waals surface area contributed by atoms with Crippen LogP contribution < -0.4 is 5.32 Å². The van der Waals surface area contributed by atoms with E-state index < -0.39 is 0 Å². The summed E-state index contributed by atoms with van der Waals surface area (Å²) in [5.74, 6) is 0. The third kappa shape index (κ3) is 3.69. The maximum atomic E-state index is 10.2. The Labute approximate surface area is 111 Å². The molecule has 1 aliphatic heterocycles. The lowest BCUT2D eigenvalue weighted by Crippen LogP contribution is -2.51. The molecule has 3 nitrogen and oxygen atoms in total. The Hall–Kier alpha value is -0.120. The normalized spacial score (nSPS) is 42.5. The molecule has 0 bridgehead atoms. The van der Waals surface area contributed by atoms with E-state index in [0.717, 1.165) is 38.7 Å². The lowest BCUT2D eigenvalue weighted by Gasteiger charge is -2.40. The van der Waals surface area contributed by atoms with E-state index in [4.69, 9.17) is 4.74 Å². The summed E-state index contributed by atoms with van der Waals surface area (Å²) in [5.41, 5.74) is 0.0333. The molecule has 4 atom stereocenters. The van der Waals surface area contributed by atoms with Gasteiger partial charge in [0.1, 0.15) is 0 Å². The van der Waals surface area contributed by atoms with Gasteiger partial charge in [-0.25, -0.2) is 0 Å². The molecule has 2 rings (SSSR count). The van der Waals surface area contributed by atoms with Gasteiger partial charge in [0, 0.05) is 18.7 Å². The molecule has 2 aliphatic rings. The quantitative estimate of drug-likeness (QED) is 0.762. The van der Waals surface area contributed by atoms with Gasteiger partial charge in [0.15, 0.2) is 0 Å². The Morgan fingerprint density at radius 1 is 1.22 bits per heavy atom. The lowest BCUT2D eigenvalue weighted by molar-refractivity contribution is -0.0810. The van der Waals surface area contributed by atoms with Crippen molar-refractivity contribution >= 4 is 0 Å². The van der Waals surface area contributed by atoms with E-state index in [-0.39, 0.29) is 11.7 Å². The van der Waals surface area contributed by atoms with Crippen LogP contribution in [0.4, 0.5) is 0 Å². The zero-order chi connectivity index (χ0) is 13.0. The van der Waals surface area contributed by atoms with Gasteiger partial charge >= 0.3 is 0 Å². The Kier molecular flexibility index (Phi) is 5.05. The van der Waals surface area contributed by atoms with Crippen LogP contribution in [0.15, 0.2) is 0 Å². The molecule has 2 fully saturated rings. The molecule has 1 heterocycles. The van der Waals surface area contributed by atoms with Gasteiger partial charge in [-0.2, -0.15) is 0 Å². The summed E-state index contributed by atoms with van der Waals surface area (Å²) >= 11 is 0. The van der Waals surface area contributed by atoms with E-state index in [1.54, 1.807) is 0 Å². The average Bonchev–Trinajstić information content (AvgIpc) is 2.55. The smallest absolute Gasteiger partial charge is 0.0693 e. The predicted octanol–water partition coefficient (Wildman–Crippen LogP) is 2.62. The van der Waals surface area contributed by atoms with Gasteiger partial charge in [-0.05, 0) is 39.0 Å². The zero-order valence-electron chi connectivity index (χ0n) is 12.0. The largest absolute Gasteiger partial charge is 0.392 e. The van der Waals surface area contributed by atoms with Crippen molar-refractivity contribution in [1.82, 2.24) is 5.32 Å². The van der Waals surface area contributed by atoms with E-state index in [9.17, 15) is 5.11 Å². The van der Waals surface area contributed by atoms with E-state index >= 15 is 0 Å². The zero-order valence-corrected chi connectivity index (χ0v) is 12.0. The first-order chi connectivity index (χ1) is 8.63. The standard InChI is InChI=1S/C15H29NO2/c1-3-15(2)11-12(9-10-18-15)16-13-7-5-4-6-8-14(13)17/h12-14,16-17H,3-11H2,1-2H3. The molecule has 1 aliphatic carbocycles. The van der Waals surface area contributed by atoms with Crippen molar-refractivity contribution in [2.45, 2.75) is 89.0 Å². The molecule has 2 N–H and O–H groups in total. The molecular weight excluding hydrogens is 226 g/mol. The monoisotopic (exact) mass is 255 g/mol. The predicted molar refractivity (Wildman–Crippen MR) is 73.7 cm³/mol. The molecule has 4 unspecified atom stereocenters. The van der Waals surface area contributed by atoms with Gasteiger partial charge in [0.25, 0.3) is 0 Å². The summed E-state index contributed by atoms with van der Waals surface area (Å²) in [6.45, 7) is 5.26. The summed E-state index contributed by atoms with van der Waals surface area (Å²) in [4.78, 5) is 0. The highest BCUT2D eigenvalue weighted by Crippen LogP contribution is 2.29. The molecule has 0 aromatic carbocycles. The Morgan fingerprint density at radius 3 is 2.78 bits per heavy atom. The van der Waals surface area contributed by atoms with Crippen LogP contribution in [0.5, 0.6) is 0 Å². The van der Waals surface area contributed by atoms with Crippen molar-refractivity contribution in [2.24, 2.45) is 0 Å². The first-order valence-electron chi connectivity index (χ1n) is 7.71. The molecule has 1 saturated heterocycles. The highest BCUT2D eigenvalue weighted by Gasteiger charge is 2.33. The molecule has 1 saturated carbocycles. The van der Waals surface area contributed by atoms with E-state index in [2.05, 4.69) is 19.2 Å². The number of hydrogen-bond donors (Lipinski definition) is 2. The van der Waals surface area contributed by atoms with Gasteiger partial charge in [-0.15, -0.1) is 0 Å². The Bertz CT molecular complexity index is 259. The van der Waals surface area contributed by atoms with Crippen molar-refractivity contribution in [2.75, 3.05) is 6.61 Å². The third-order valence-electron chi connectivity index (χ3n) is 4.77. The summed E-state index contributed by atoms with van der Waals surface area (Å²) in [6.07, 6.45) is 8.87. The number of ether oxygens (including phenoxy) is 1. The number of aliphatic hydroxyl groups excluding tert-OH is 1. The van der Waals surface area contributed by atoms with E-state index in [0.29, 0.717) is 12.1 Å². The van der Waals surface area contributed by atoms with Gasteiger partial charge in [-0.1, -0.05) is 26.2 Å². The number of rotatable bonds is 3. The fourth-order valence-electron chi connectivity index (χ4n) is 3.30. The van der Waals surface area contributed by atoms with E-state index in [1.165, 1.54) is 19.3 Å². The molecule has 106 valence electrons. The molecule has 0 spiro atoms. The van der Waals surface area contributed by atoms with Crippen LogP contribution in [-0.2, 0) is 4.74 Å². The summed E-state index contributed by atoms with van der Waals surface area (Å²) in [7, 11) is 0. The second kappa shape index (κ2) is 6.36. The fraction of sp³-hybridized carbons (Fsp3) is 1.00. The van der Waals surface area contributed by atoms with Gasteiger partial charge in [0.05, 0.1) is 11.7 Å². The molecule has 18 heavy (non-hydrogen) atoms. The minimum Gasteiger partial charge on any atom is -0.392 e. The first kappa shape index (κ1) is 14.3. The fourth-order valence-corrected chi connectivity index (χ4v) is 3.30. The minimum atomic E-state index is -0.150. The third-order valence-corrected chi connectivity index (χ3v) is 4.77. The van der Waals surface area contributed by atoms with Crippen LogP contribution >= 0.6 is 0 Å². The number of nitrogens with one attached hydrogen (secondary N) is 1. The minimum absolute atomic E-state index is 0.0333. The lowest BCUT2D eigenvalue weighted by atomic mass is 9.89. The van der Waals surface area contributed by atoms with Crippen molar-refractivity contribution < 1.29 is 9.84 Å². The van der Waals surface area contributed by atoms with Crippen molar-refractivity contribution in [3.8, 4) is 0 Å². The first-order valence-corrected chi connectivity index (χ1v) is 7.71. The highest BCUT2D eigenvalue weighted by molar-refractivity contribution is 4.89. The van der Waals surface area contributed by atoms with E-state index in [1.807, 2.05) is 0 Å². The summed E-state index contributed by atoms with van der Waals surface area (Å²) in [5, 5.41) is 13.9. The molecule has 0 amide bonds. The van der Waals surface area contributed by atoms with Gasteiger partial charge in [0.2, 0.25) is 0 Å². The molecule has 3 heteroatoms. The second-order valence-electron chi connectivity index (χ2n) is 6.32. The summed E-state index contributed by atoms with van der Waals surface area (Å²) in [6, 6.07) is 0.818. The molecule has 0 radical (unpaired) electrons. The van der Waals surface area contributed by atoms with Crippen LogP contribution in [0.1, 0.15) is 65.2 Å². The highest BCUT2D eigenvalue weighted by atomic mass is 16.5. The van der Waals surface area contributed by atoms with Crippen LogP contribution in [0, 0.1) is 0 Å². The topological polar surface area (TPSA) is 41.5 Å². The summed E-state index contributed by atoms with van der Waals surface area (Å²) < 4.78 is 5.88. The molecule has 0 aromatic heterocycles. The number of aliphatic hydroxyl groups is 1. The van der Waals surface area contributed by atoms with Crippen LogP contribution in [0.3, 0.4) is 0 Å². The molecule has 0 aromatic rings.